The standard InChI is InChI=1S/C20H30BNO2/c1-18(2)19(3,4)24-21(23-18)14-7-8-15-16(13-14)20(11-12-20)10-9-17(15)22(5)6/h7-8,13,17H,9-12H2,1-6H3. The molecule has 2 aliphatic carbocycles. The van der Waals surface area contributed by atoms with Gasteiger partial charge < -0.3 is 14.2 Å². The van der Waals surface area contributed by atoms with Gasteiger partial charge in [0.25, 0.3) is 0 Å². The van der Waals surface area contributed by atoms with Crippen molar-refractivity contribution in [1.29, 1.82) is 0 Å². The van der Waals surface area contributed by atoms with Crippen molar-refractivity contribution in [2.24, 2.45) is 0 Å². The minimum absolute atomic E-state index is 0.254. The Morgan fingerprint density at radius 2 is 1.62 bits per heavy atom. The van der Waals surface area contributed by atoms with E-state index in [-0.39, 0.29) is 18.3 Å². The van der Waals surface area contributed by atoms with Gasteiger partial charge in [0.2, 0.25) is 0 Å². The molecule has 0 radical (unpaired) electrons. The van der Waals surface area contributed by atoms with Gasteiger partial charge in [-0.05, 0) is 89.5 Å². The number of benzene rings is 1. The normalized spacial score (nSPS) is 29.1. The molecule has 3 aliphatic rings. The predicted octanol–water partition coefficient (Wildman–Crippen LogP) is 3.41. The van der Waals surface area contributed by atoms with Crippen molar-refractivity contribution >= 4 is 12.6 Å². The van der Waals surface area contributed by atoms with E-state index in [0.717, 1.165) is 0 Å². The van der Waals surface area contributed by atoms with Crippen molar-refractivity contribution in [1.82, 2.24) is 4.90 Å². The van der Waals surface area contributed by atoms with Crippen LogP contribution < -0.4 is 5.46 Å². The molecule has 130 valence electrons. The molecule has 1 unspecified atom stereocenters. The summed E-state index contributed by atoms with van der Waals surface area (Å²) in [5.74, 6) is 0. The smallest absolute Gasteiger partial charge is 0.399 e. The van der Waals surface area contributed by atoms with Crippen LogP contribution in [0.4, 0.5) is 0 Å². The van der Waals surface area contributed by atoms with Gasteiger partial charge in [0.15, 0.2) is 0 Å². The van der Waals surface area contributed by atoms with Crippen LogP contribution in [0.5, 0.6) is 0 Å². The molecule has 1 heterocycles. The highest BCUT2D eigenvalue weighted by Crippen LogP contribution is 2.57. The minimum Gasteiger partial charge on any atom is -0.399 e. The maximum atomic E-state index is 6.27. The topological polar surface area (TPSA) is 21.7 Å². The molecule has 0 bridgehead atoms. The Balaban J connectivity index is 1.71. The lowest BCUT2D eigenvalue weighted by Gasteiger charge is -2.36. The largest absolute Gasteiger partial charge is 0.494 e. The van der Waals surface area contributed by atoms with Gasteiger partial charge in [0.1, 0.15) is 0 Å². The number of fused-ring (bicyclic) bond motifs is 2. The van der Waals surface area contributed by atoms with Crippen LogP contribution in [-0.2, 0) is 14.7 Å². The van der Waals surface area contributed by atoms with E-state index in [4.69, 9.17) is 9.31 Å². The summed E-state index contributed by atoms with van der Waals surface area (Å²) in [6, 6.07) is 7.48. The fourth-order valence-corrected chi connectivity index (χ4v) is 4.36. The van der Waals surface area contributed by atoms with Crippen molar-refractivity contribution in [3.63, 3.8) is 0 Å². The third-order valence-electron chi connectivity index (χ3n) is 6.91. The van der Waals surface area contributed by atoms with Crippen LogP contribution >= 0.6 is 0 Å². The van der Waals surface area contributed by atoms with Gasteiger partial charge in [-0.2, -0.15) is 0 Å². The van der Waals surface area contributed by atoms with Gasteiger partial charge in [-0.25, -0.2) is 0 Å². The summed E-state index contributed by atoms with van der Waals surface area (Å²) in [4.78, 5) is 2.36. The Kier molecular flexibility index (Phi) is 3.53. The zero-order valence-corrected chi connectivity index (χ0v) is 16.0. The zero-order valence-electron chi connectivity index (χ0n) is 16.0. The Morgan fingerprint density at radius 1 is 1.00 bits per heavy atom. The Bertz CT molecular complexity index is 648. The third-order valence-corrected chi connectivity index (χ3v) is 6.91. The van der Waals surface area contributed by atoms with Crippen molar-refractivity contribution in [3.8, 4) is 0 Å². The van der Waals surface area contributed by atoms with E-state index in [0.29, 0.717) is 11.5 Å². The van der Waals surface area contributed by atoms with E-state index in [2.05, 4.69) is 64.9 Å². The molecule has 4 rings (SSSR count). The summed E-state index contributed by atoms with van der Waals surface area (Å²) in [6.45, 7) is 8.48. The number of hydrogen-bond acceptors (Lipinski definition) is 3. The van der Waals surface area contributed by atoms with E-state index in [1.165, 1.54) is 36.7 Å². The van der Waals surface area contributed by atoms with Gasteiger partial charge in [0.05, 0.1) is 11.2 Å². The molecule has 4 heteroatoms. The van der Waals surface area contributed by atoms with Crippen LogP contribution in [0.1, 0.15) is 70.5 Å². The molecule has 24 heavy (non-hydrogen) atoms. The van der Waals surface area contributed by atoms with Crippen LogP contribution in [0, 0.1) is 0 Å². The fourth-order valence-electron chi connectivity index (χ4n) is 4.36. The zero-order chi connectivity index (χ0) is 17.3. The summed E-state index contributed by atoms with van der Waals surface area (Å²) in [5.41, 5.74) is 4.14. The highest BCUT2D eigenvalue weighted by atomic mass is 16.7. The monoisotopic (exact) mass is 327 g/mol. The highest BCUT2D eigenvalue weighted by molar-refractivity contribution is 6.62. The maximum absolute atomic E-state index is 6.27. The second kappa shape index (κ2) is 5.09. The van der Waals surface area contributed by atoms with Crippen LogP contribution in [0.3, 0.4) is 0 Å². The molecule has 1 saturated carbocycles. The number of nitrogens with zero attached hydrogens (tertiary/aromatic N) is 1. The molecule has 1 aromatic carbocycles. The number of hydrogen-bond donors (Lipinski definition) is 0. The molecule has 3 nitrogen and oxygen atoms in total. The maximum Gasteiger partial charge on any atom is 0.494 e. The molecule has 1 atom stereocenters. The van der Waals surface area contributed by atoms with Crippen molar-refractivity contribution in [3.05, 3.63) is 29.3 Å². The molecule has 0 aromatic heterocycles. The summed E-state index contributed by atoms with van der Waals surface area (Å²) < 4.78 is 12.5. The van der Waals surface area contributed by atoms with E-state index >= 15 is 0 Å². The quantitative estimate of drug-likeness (QED) is 0.777. The van der Waals surface area contributed by atoms with Crippen LogP contribution in [-0.4, -0.2) is 37.3 Å². The van der Waals surface area contributed by atoms with E-state index in [1.54, 1.807) is 5.56 Å². The Labute approximate surface area is 146 Å². The minimum atomic E-state index is -0.281. The van der Waals surface area contributed by atoms with Gasteiger partial charge >= 0.3 is 7.12 Å². The van der Waals surface area contributed by atoms with Gasteiger partial charge in [-0.1, -0.05) is 18.2 Å². The van der Waals surface area contributed by atoms with Crippen molar-refractivity contribution in [2.75, 3.05) is 14.1 Å². The van der Waals surface area contributed by atoms with Crippen molar-refractivity contribution in [2.45, 2.75) is 76.0 Å². The number of rotatable bonds is 2. The first-order valence-corrected chi connectivity index (χ1v) is 9.32. The lowest BCUT2D eigenvalue weighted by molar-refractivity contribution is 0.00578. The SMILES string of the molecule is CN(C)C1CCC2(CC2)c2cc(B3OC(C)(C)C(C)(C)O3)ccc21. The molecule has 0 N–H and O–H groups in total. The first-order valence-electron chi connectivity index (χ1n) is 9.32. The summed E-state index contributed by atoms with van der Waals surface area (Å²) in [5, 5.41) is 0. The van der Waals surface area contributed by atoms with Crippen LogP contribution in [0.2, 0.25) is 0 Å². The molecular weight excluding hydrogens is 297 g/mol. The van der Waals surface area contributed by atoms with E-state index < -0.39 is 0 Å². The fraction of sp³-hybridized carbons (Fsp3) is 0.700. The van der Waals surface area contributed by atoms with Gasteiger partial charge in [-0.3, -0.25) is 0 Å². The second-order valence-corrected chi connectivity index (χ2v) is 9.23. The molecule has 1 saturated heterocycles. The predicted molar refractivity (Wildman–Crippen MR) is 98.7 cm³/mol. The average Bonchev–Trinajstić information content (AvgIpc) is 3.21. The van der Waals surface area contributed by atoms with Crippen LogP contribution in [0.25, 0.3) is 0 Å². The second-order valence-electron chi connectivity index (χ2n) is 9.23. The van der Waals surface area contributed by atoms with Crippen LogP contribution in [0.15, 0.2) is 18.2 Å². The van der Waals surface area contributed by atoms with E-state index in [1.807, 2.05) is 0 Å². The van der Waals surface area contributed by atoms with Gasteiger partial charge in [-0.15, -0.1) is 0 Å². The van der Waals surface area contributed by atoms with E-state index in [9.17, 15) is 0 Å². The molecular formula is C20H30BNO2. The highest BCUT2D eigenvalue weighted by Gasteiger charge is 2.53. The summed E-state index contributed by atoms with van der Waals surface area (Å²) in [7, 11) is 4.14. The molecule has 1 aromatic rings. The lowest BCUT2D eigenvalue weighted by Crippen LogP contribution is -2.41. The average molecular weight is 327 g/mol. The Hall–Kier alpha value is -0.835. The van der Waals surface area contributed by atoms with Crippen molar-refractivity contribution < 1.29 is 9.31 Å². The lowest BCUT2D eigenvalue weighted by atomic mass is 9.71. The molecule has 1 aliphatic heterocycles. The first kappa shape index (κ1) is 16.6. The summed E-state index contributed by atoms with van der Waals surface area (Å²) >= 11 is 0. The molecule has 2 fully saturated rings. The Morgan fingerprint density at radius 3 is 2.17 bits per heavy atom. The summed E-state index contributed by atoms with van der Waals surface area (Å²) in [6.07, 6.45) is 5.27. The molecule has 0 amide bonds. The third kappa shape index (κ3) is 2.38. The van der Waals surface area contributed by atoms with Gasteiger partial charge in [0, 0.05) is 6.04 Å². The molecule has 1 spiro atoms. The first-order chi connectivity index (χ1) is 11.2.